The van der Waals surface area contributed by atoms with E-state index >= 15 is 0 Å². The van der Waals surface area contributed by atoms with Crippen LogP contribution in [0.15, 0.2) is 48.5 Å². The van der Waals surface area contributed by atoms with Gasteiger partial charge in [0.1, 0.15) is 12.1 Å². The predicted molar refractivity (Wildman–Crippen MR) is 128 cm³/mol. The molecule has 1 aliphatic carbocycles. The fourth-order valence-electron chi connectivity index (χ4n) is 5.35. The molecule has 4 rings (SSSR count). The van der Waals surface area contributed by atoms with Gasteiger partial charge in [0.25, 0.3) is 0 Å². The maximum absolute atomic E-state index is 13.4. The number of rotatable bonds is 8. The Morgan fingerprint density at radius 3 is 2.18 bits per heavy atom. The molecule has 1 heterocycles. The minimum Gasteiger partial charge on any atom is -0.481 e. The van der Waals surface area contributed by atoms with E-state index in [1.807, 2.05) is 38.1 Å². The highest BCUT2D eigenvalue weighted by Crippen LogP contribution is 2.44. The maximum atomic E-state index is 13.4. The summed E-state index contributed by atoms with van der Waals surface area (Å²) in [6, 6.07) is 16.3. The number of hydrogen-bond donors (Lipinski definition) is 2. The monoisotopic (exact) mass is 464 g/mol. The standard InChI is InChI=1S/C27H32N2O5/c1-3-27(4-2,25(32)29-14-13-18(16-29)15-24(30)31)28-26(33)34-17-23-21-11-7-5-9-19(21)20-10-6-8-12-22(20)23/h5-12,18,23H,3-4,13-17H2,1-2H3,(H,28,33)(H,30,31). The molecular formula is C27H32N2O5. The molecule has 180 valence electrons. The first-order chi connectivity index (χ1) is 16.4. The molecule has 0 saturated carbocycles. The van der Waals surface area contributed by atoms with Crippen LogP contribution in [0.5, 0.6) is 0 Å². The van der Waals surface area contributed by atoms with Crippen molar-refractivity contribution in [2.75, 3.05) is 19.7 Å². The van der Waals surface area contributed by atoms with Gasteiger partial charge in [-0.15, -0.1) is 0 Å². The van der Waals surface area contributed by atoms with Gasteiger partial charge in [-0.05, 0) is 47.4 Å². The number of fused-ring (bicyclic) bond motifs is 3. The number of benzene rings is 2. The number of likely N-dealkylation sites (tertiary alicyclic amines) is 1. The highest BCUT2D eigenvalue weighted by Gasteiger charge is 2.42. The number of alkyl carbamates (subject to hydrolysis) is 1. The van der Waals surface area contributed by atoms with Crippen LogP contribution in [0.1, 0.15) is 56.6 Å². The Morgan fingerprint density at radius 2 is 1.62 bits per heavy atom. The number of aliphatic carboxylic acids is 1. The Morgan fingerprint density at radius 1 is 1.03 bits per heavy atom. The summed E-state index contributed by atoms with van der Waals surface area (Å²) in [5, 5.41) is 11.9. The summed E-state index contributed by atoms with van der Waals surface area (Å²) in [5.74, 6) is -1.13. The van der Waals surface area contributed by atoms with Crippen LogP contribution in [0, 0.1) is 5.92 Å². The summed E-state index contributed by atoms with van der Waals surface area (Å²) in [5.41, 5.74) is 3.51. The lowest BCUT2D eigenvalue weighted by atomic mass is 9.91. The van der Waals surface area contributed by atoms with Crippen LogP contribution >= 0.6 is 0 Å². The predicted octanol–water partition coefficient (Wildman–Crippen LogP) is 4.41. The number of carbonyl (C=O) groups is 3. The molecule has 1 fully saturated rings. The number of hydrogen-bond acceptors (Lipinski definition) is 4. The van der Waals surface area contributed by atoms with Gasteiger partial charge in [-0.3, -0.25) is 9.59 Å². The van der Waals surface area contributed by atoms with E-state index in [0.29, 0.717) is 32.4 Å². The van der Waals surface area contributed by atoms with E-state index in [0.717, 1.165) is 22.3 Å². The third-order valence-electron chi connectivity index (χ3n) is 7.34. The second-order valence-corrected chi connectivity index (χ2v) is 9.24. The van der Waals surface area contributed by atoms with Crippen LogP contribution in [0.4, 0.5) is 4.79 Å². The Balaban J connectivity index is 1.43. The number of carboxylic acids is 1. The van der Waals surface area contributed by atoms with Gasteiger partial charge in [0.2, 0.25) is 5.91 Å². The van der Waals surface area contributed by atoms with Crippen molar-refractivity contribution in [1.82, 2.24) is 10.2 Å². The Kier molecular flexibility index (Phi) is 6.91. The molecule has 1 saturated heterocycles. The normalized spacial score (nSPS) is 17.2. The van der Waals surface area contributed by atoms with Crippen LogP contribution in [0.25, 0.3) is 11.1 Å². The van der Waals surface area contributed by atoms with Crippen LogP contribution in [-0.4, -0.2) is 53.2 Å². The van der Waals surface area contributed by atoms with Crippen molar-refractivity contribution >= 4 is 18.0 Å². The average molecular weight is 465 g/mol. The zero-order chi connectivity index (χ0) is 24.3. The lowest BCUT2D eigenvalue weighted by Crippen LogP contribution is -2.59. The van der Waals surface area contributed by atoms with Gasteiger partial charge in [0.15, 0.2) is 0 Å². The van der Waals surface area contributed by atoms with E-state index in [4.69, 9.17) is 9.84 Å². The number of nitrogens with zero attached hydrogens (tertiary/aromatic N) is 1. The van der Waals surface area contributed by atoms with Crippen LogP contribution in [-0.2, 0) is 14.3 Å². The van der Waals surface area contributed by atoms with Crippen molar-refractivity contribution in [3.63, 3.8) is 0 Å². The average Bonchev–Trinajstić information content (AvgIpc) is 3.43. The Bertz CT molecular complexity index is 1030. The van der Waals surface area contributed by atoms with E-state index < -0.39 is 17.6 Å². The molecule has 1 atom stereocenters. The van der Waals surface area contributed by atoms with Gasteiger partial charge in [-0.1, -0.05) is 62.4 Å². The second kappa shape index (κ2) is 9.87. The molecule has 1 unspecified atom stereocenters. The van der Waals surface area contributed by atoms with Crippen molar-refractivity contribution in [3.8, 4) is 11.1 Å². The van der Waals surface area contributed by atoms with Crippen molar-refractivity contribution in [2.45, 2.75) is 51.0 Å². The van der Waals surface area contributed by atoms with Gasteiger partial charge < -0.3 is 20.1 Å². The summed E-state index contributed by atoms with van der Waals surface area (Å²) in [6.45, 7) is 4.83. The minimum atomic E-state index is -1.07. The molecule has 0 bridgehead atoms. The number of ether oxygens (including phenoxy) is 1. The van der Waals surface area contributed by atoms with E-state index in [-0.39, 0.29) is 30.8 Å². The summed E-state index contributed by atoms with van der Waals surface area (Å²) in [6.07, 6.45) is 0.945. The molecule has 2 N–H and O–H groups in total. The maximum Gasteiger partial charge on any atom is 0.408 e. The first-order valence-electron chi connectivity index (χ1n) is 12.0. The topological polar surface area (TPSA) is 95.9 Å². The second-order valence-electron chi connectivity index (χ2n) is 9.24. The Hall–Kier alpha value is -3.35. The number of amides is 2. The van der Waals surface area contributed by atoms with E-state index in [2.05, 4.69) is 29.6 Å². The van der Waals surface area contributed by atoms with E-state index in [1.54, 1.807) is 4.90 Å². The molecule has 2 aromatic rings. The molecule has 1 aliphatic heterocycles. The van der Waals surface area contributed by atoms with Gasteiger partial charge in [0, 0.05) is 25.4 Å². The van der Waals surface area contributed by atoms with Crippen LogP contribution in [0.3, 0.4) is 0 Å². The van der Waals surface area contributed by atoms with Crippen LogP contribution < -0.4 is 5.32 Å². The molecule has 2 aromatic carbocycles. The molecular weight excluding hydrogens is 432 g/mol. The SMILES string of the molecule is CCC(CC)(NC(=O)OCC1c2ccccc2-c2ccccc21)C(=O)N1CCC(CC(=O)O)C1. The van der Waals surface area contributed by atoms with Gasteiger partial charge >= 0.3 is 12.1 Å². The first-order valence-corrected chi connectivity index (χ1v) is 12.0. The highest BCUT2D eigenvalue weighted by molar-refractivity contribution is 5.90. The third-order valence-corrected chi connectivity index (χ3v) is 7.34. The molecule has 0 spiro atoms. The van der Waals surface area contributed by atoms with Crippen molar-refractivity contribution in [3.05, 3.63) is 59.7 Å². The molecule has 34 heavy (non-hydrogen) atoms. The summed E-state index contributed by atoms with van der Waals surface area (Å²) in [4.78, 5) is 39.0. The van der Waals surface area contributed by atoms with Crippen molar-refractivity contribution in [1.29, 1.82) is 0 Å². The summed E-state index contributed by atoms with van der Waals surface area (Å²) >= 11 is 0. The summed E-state index contributed by atoms with van der Waals surface area (Å²) in [7, 11) is 0. The minimum absolute atomic E-state index is 0.0504. The van der Waals surface area contributed by atoms with E-state index in [1.165, 1.54) is 0 Å². The van der Waals surface area contributed by atoms with Gasteiger partial charge in [-0.2, -0.15) is 0 Å². The molecule has 0 aromatic heterocycles. The van der Waals surface area contributed by atoms with Gasteiger partial charge in [0.05, 0.1) is 0 Å². The zero-order valence-corrected chi connectivity index (χ0v) is 19.8. The van der Waals surface area contributed by atoms with Crippen molar-refractivity contribution < 1.29 is 24.2 Å². The molecule has 7 heteroatoms. The third kappa shape index (κ3) is 4.52. The quantitative estimate of drug-likeness (QED) is 0.603. The molecule has 2 aliphatic rings. The van der Waals surface area contributed by atoms with Crippen molar-refractivity contribution in [2.24, 2.45) is 5.92 Å². The zero-order valence-electron chi connectivity index (χ0n) is 19.8. The van der Waals surface area contributed by atoms with E-state index in [9.17, 15) is 14.4 Å². The number of nitrogens with one attached hydrogen (secondary N) is 1. The molecule has 7 nitrogen and oxygen atoms in total. The molecule has 0 radical (unpaired) electrons. The number of carbonyl (C=O) groups excluding carboxylic acids is 2. The summed E-state index contributed by atoms with van der Waals surface area (Å²) < 4.78 is 5.69. The molecule has 2 amide bonds. The lowest BCUT2D eigenvalue weighted by molar-refractivity contribution is -0.140. The fraction of sp³-hybridized carbons (Fsp3) is 0.444. The largest absolute Gasteiger partial charge is 0.481 e. The fourth-order valence-corrected chi connectivity index (χ4v) is 5.35. The first kappa shape index (κ1) is 23.8. The smallest absolute Gasteiger partial charge is 0.408 e. The van der Waals surface area contributed by atoms with Crippen LogP contribution in [0.2, 0.25) is 0 Å². The van der Waals surface area contributed by atoms with Gasteiger partial charge in [-0.25, -0.2) is 4.79 Å². The Labute approximate surface area is 200 Å². The highest BCUT2D eigenvalue weighted by atomic mass is 16.5. The number of carboxylic acid groups (broad SMARTS) is 1. The lowest BCUT2D eigenvalue weighted by Gasteiger charge is -2.35.